The van der Waals surface area contributed by atoms with Crippen LogP contribution in [-0.4, -0.2) is 112 Å². The molecule has 0 bridgehead atoms. The smallest absolute Gasteiger partial charge is 0.407 e. The van der Waals surface area contributed by atoms with Crippen molar-refractivity contribution in [3.05, 3.63) is 30.1 Å². The predicted molar refractivity (Wildman–Crippen MR) is 146 cm³/mol. The van der Waals surface area contributed by atoms with Gasteiger partial charge in [0, 0.05) is 39.3 Å². The van der Waals surface area contributed by atoms with Crippen LogP contribution in [0.3, 0.4) is 0 Å². The molecular weight excluding hydrogens is 518 g/mol. The van der Waals surface area contributed by atoms with Gasteiger partial charge in [-0.25, -0.2) is 9.78 Å². The van der Waals surface area contributed by atoms with Crippen molar-refractivity contribution >= 4 is 34.9 Å². The van der Waals surface area contributed by atoms with Gasteiger partial charge in [-0.3, -0.25) is 14.4 Å². The van der Waals surface area contributed by atoms with Gasteiger partial charge in [0.15, 0.2) is 5.82 Å². The van der Waals surface area contributed by atoms with Gasteiger partial charge in [-0.15, -0.1) is 0 Å². The summed E-state index contributed by atoms with van der Waals surface area (Å²) < 4.78 is 12.2. The number of carbonyl (C=O) groups excluding carboxylic acids is 3. The molecule has 12 nitrogen and oxygen atoms in total. The summed E-state index contributed by atoms with van der Waals surface area (Å²) in [6.07, 6.45) is -0.699. The SMILES string of the molecule is CCOC(=O)CCn1c(C(=O)N(CC(C)C)[C@H]2C[C@@H](C(=O)N3CCOCC3)CN(C(=O)O)C2)nc2ccccc21. The Hall–Kier alpha value is -3.67. The molecule has 2 aromatic rings. The Kier molecular flexibility index (Phi) is 9.62. The Labute approximate surface area is 233 Å². The highest BCUT2D eigenvalue weighted by Crippen LogP contribution is 2.27. The first-order valence-corrected chi connectivity index (χ1v) is 14.0. The van der Waals surface area contributed by atoms with Crippen molar-refractivity contribution in [2.24, 2.45) is 11.8 Å². The fourth-order valence-electron chi connectivity index (χ4n) is 5.50. The number of aromatic nitrogens is 2. The highest BCUT2D eigenvalue weighted by Gasteiger charge is 2.40. The highest BCUT2D eigenvalue weighted by atomic mass is 16.5. The van der Waals surface area contributed by atoms with Crippen LogP contribution in [0.25, 0.3) is 11.0 Å². The molecule has 2 fully saturated rings. The van der Waals surface area contributed by atoms with Gasteiger partial charge in [0.05, 0.1) is 49.2 Å². The summed E-state index contributed by atoms with van der Waals surface area (Å²) in [7, 11) is 0. The fourth-order valence-corrected chi connectivity index (χ4v) is 5.50. The van der Waals surface area contributed by atoms with Crippen molar-refractivity contribution in [2.75, 3.05) is 52.5 Å². The van der Waals surface area contributed by atoms with E-state index in [2.05, 4.69) is 4.98 Å². The van der Waals surface area contributed by atoms with E-state index >= 15 is 0 Å². The van der Waals surface area contributed by atoms with E-state index in [4.69, 9.17) is 9.47 Å². The predicted octanol–water partition coefficient (Wildman–Crippen LogP) is 2.32. The van der Waals surface area contributed by atoms with Crippen LogP contribution in [-0.2, 0) is 25.6 Å². The monoisotopic (exact) mass is 557 g/mol. The lowest BCUT2D eigenvalue weighted by atomic mass is 9.91. The largest absolute Gasteiger partial charge is 0.466 e. The Bertz CT molecular complexity index is 1220. The molecule has 2 atom stereocenters. The standard InChI is InChI=1S/C28H39N5O7/c1-4-40-24(34)9-10-32-23-8-6-5-7-22(23)29-25(32)27(36)33(16-19(2)3)21-15-20(17-31(18-21)28(37)38)26(35)30-11-13-39-14-12-30/h5-8,19-21H,4,9-18H2,1-3H3,(H,37,38)/t20-,21+/m1/s1. The number of rotatable bonds is 9. The number of carbonyl (C=O) groups is 4. The molecule has 1 N–H and O–H groups in total. The molecule has 1 aromatic heterocycles. The number of fused-ring (bicyclic) bond motifs is 1. The number of morpholine rings is 1. The van der Waals surface area contributed by atoms with Crippen molar-refractivity contribution < 1.29 is 33.8 Å². The minimum atomic E-state index is -1.12. The topological polar surface area (TPSA) is 135 Å². The van der Waals surface area contributed by atoms with E-state index in [1.54, 1.807) is 21.3 Å². The maximum atomic E-state index is 14.2. The third-order valence-corrected chi connectivity index (χ3v) is 7.33. The fraction of sp³-hybridized carbons (Fsp3) is 0.607. The number of para-hydroxylation sites is 2. The summed E-state index contributed by atoms with van der Waals surface area (Å²) in [6.45, 7) is 8.56. The second kappa shape index (κ2) is 13.1. The Morgan fingerprint density at radius 1 is 1.12 bits per heavy atom. The molecule has 0 radical (unpaired) electrons. The Morgan fingerprint density at radius 2 is 1.85 bits per heavy atom. The number of ether oxygens (including phenoxy) is 2. The van der Waals surface area contributed by atoms with Crippen molar-refractivity contribution in [2.45, 2.75) is 46.2 Å². The first kappa shape index (κ1) is 29.3. The van der Waals surface area contributed by atoms with Crippen LogP contribution in [0.1, 0.15) is 44.2 Å². The van der Waals surface area contributed by atoms with Crippen LogP contribution in [0.4, 0.5) is 4.79 Å². The molecule has 0 aliphatic carbocycles. The number of hydrogen-bond donors (Lipinski definition) is 1. The lowest BCUT2D eigenvalue weighted by molar-refractivity contribution is -0.143. The number of imidazole rings is 1. The van der Waals surface area contributed by atoms with E-state index in [1.165, 1.54) is 4.90 Å². The highest BCUT2D eigenvalue weighted by molar-refractivity contribution is 5.95. The van der Waals surface area contributed by atoms with Crippen LogP contribution < -0.4 is 0 Å². The number of aryl methyl sites for hydroxylation is 1. The van der Waals surface area contributed by atoms with E-state index in [0.29, 0.717) is 44.8 Å². The summed E-state index contributed by atoms with van der Waals surface area (Å²) in [5.74, 6) is -1.16. The first-order valence-electron chi connectivity index (χ1n) is 14.0. The van der Waals surface area contributed by atoms with Gasteiger partial charge in [0.25, 0.3) is 5.91 Å². The zero-order valence-corrected chi connectivity index (χ0v) is 23.5. The molecule has 2 saturated heterocycles. The maximum Gasteiger partial charge on any atom is 0.407 e. The number of carboxylic acid groups (broad SMARTS) is 1. The van der Waals surface area contributed by atoms with E-state index in [0.717, 1.165) is 5.52 Å². The summed E-state index contributed by atoms with van der Waals surface area (Å²) in [5, 5.41) is 9.91. The summed E-state index contributed by atoms with van der Waals surface area (Å²) in [6, 6.07) is 6.82. The number of piperidine rings is 1. The molecule has 0 saturated carbocycles. The number of amides is 3. The first-order chi connectivity index (χ1) is 19.2. The summed E-state index contributed by atoms with van der Waals surface area (Å²) in [4.78, 5) is 61.2. The van der Waals surface area contributed by atoms with Crippen molar-refractivity contribution in [1.29, 1.82) is 0 Å². The van der Waals surface area contributed by atoms with Crippen LogP contribution in [0, 0.1) is 11.8 Å². The maximum absolute atomic E-state index is 14.2. The molecule has 12 heteroatoms. The lowest BCUT2D eigenvalue weighted by Gasteiger charge is -2.43. The molecule has 0 spiro atoms. The van der Waals surface area contributed by atoms with E-state index in [9.17, 15) is 24.3 Å². The molecular formula is C28H39N5O7. The minimum Gasteiger partial charge on any atom is -0.466 e. The molecule has 4 rings (SSSR count). The number of likely N-dealkylation sites (tertiary alicyclic amines) is 1. The van der Waals surface area contributed by atoms with Crippen LogP contribution >= 0.6 is 0 Å². The van der Waals surface area contributed by atoms with Crippen molar-refractivity contribution in [3.8, 4) is 0 Å². The number of hydrogen-bond acceptors (Lipinski definition) is 7. The van der Waals surface area contributed by atoms with Crippen LogP contribution in [0.2, 0.25) is 0 Å². The van der Waals surface area contributed by atoms with Gasteiger partial charge in [-0.1, -0.05) is 26.0 Å². The third-order valence-electron chi connectivity index (χ3n) is 7.33. The van der Waals surface area contributed by atoms with E-state index < -0.39 is 18.1 Å². The number of esters is 1. The lowest BCUT2D eigenvalue weighted by Crippen LogP contribution is -2.58. The second-order valence-corrected chi connectivity index (χ2v) is 10.7. The van der Waals surface area contributed by atoms with Gasteiger partial charge in [-0.05, 0) is 31.4 Å². The molecule has 40 heavy (non-hydrogen) atoms. The second-order valence-electron chi connectivity index (χ2n) is 10.7. The zero-order valence-electron chi connectivity index (χ0n) is 23.5. The number of nitrogens with zero attached hydrogens (tertiary/aromatic N) is 5. The molecule has 3 amide bonds. The third kappa shape index (κ3) is 6.72. The molecule has 3 heterocycles. The van der Waals surface area contributed by atoms with Crippen molar-refractivity contribution in [3.63, 3.8) is 0 Å². The van der Waals surface area contributed by atoms with Crippen LogP contribution in [0.5, 0.6) is 0 Å². The van der Waals surface area contributed by atoms with E-state index in [1.807, 2.05) is 38.1 Å². The Balaban J connectivity index is 1.66. The average molecular weight is 558 g/mol. The molecule has 1 aromatic carbocycles. The minimum absolute atomic E-state index is 0.0744. The normalized spacial score (nSPS) is 19.6. The van der Waals surface area contributed by atoms with E-state index in [-0.39, 0.29) is 62.2 Å². The molecule has 2 aliphatic rings. The quantitative estimate of drug-likeness (QED) is 0.464. The summed E-state index contributed by atoms with van der Waals surface area (Å²) >= 11 is 0. The van der Waals surface area contributed by atoms with Crippen LogP contribution in [0.15, 0.2) is 24.3 Å². The van der Waals surface area contributed by atoms with Crippen molar-refractivity contribution in [1.82, 2.24) is 24.3 Å². The van der Waals surface area contributed by atoms with Gasteiger partial charge in [0.1, 0.15) is 0 Å². The average Bonchev–Trinajstić information content (AvgIpc) is 3.33. The molecule has 218 valence electrons. The van der Waals surface area contributed by atoms with Gasteiger partial charge in [-0.2, -0.15) is 0 Å². The summed E-state index contributed by atoms with van der Waals surface area (Å²) in [5.41, 5.74) is 1.34. The van der Waals surface area contributed by atoms with Gasteiger partial charge < -0.3 is 33.8 Å². The number of benzene rings is 1. The van der Waals surface area contributed by atoms with Gasteiger partial charge >= 0.3 is 12.1 Å². The molecule has 2 aliphatic heterocycles. The zero-order chi connectivity index (χ0) is 28.8. The Morgan fingerprint density at radius 3 is 2.52 bits per heavy atom. The van der Waals surface area contributed by atoms with Gasteiger partial charge in [0.2, 0.25) is 5.91 Å². The molecule has 0 unspecified atom stereocenters.